The van der Waals surface area contributed by atoms with E-state index in [1.165, 1.54) is 0 Å². The zero-order valence-electron chi connectivity index (χ0n) is 12.8. The molecule has 2 rings (SSSR count). The summed E-state index contributed by atoms with van der Waals surface area (Å²) in [4.78, 5) is 16.2. The summed E-state index contributed by atoms with van der Waals surface area (Å²) in [5.41, 5.74) is 1.03. The highest BCUT2D eigenvalue weighted by Crippen LogP contribution is 2.37. The Morgan fingerprint density at radius 1 is 1.40 bits per heavy atom. The van der Waals surface area contributed by atoms with Gasteiger partial charge in [0.15, 0.2) is 0 Å². The van der Waals surface area contributed by atoms with E-state index in [1.54, 1.807) is 12.3 Å². The highest BCUT2D eigenvalue weighted by molar-refractivity contribution is 5.89. The van der Waals surface area contributed by atoms with Crippen molar-refractivity contribution in [3.05, 3.63) is 24.0 Å². The molecule has 1 aliphatic rings. The maximum absolute atomic E-state index is 12.1. The average molecular weight is 277 g/mol. The molecule has 1 aromatic rings. The van der Waals surface area contributed by atoms with Crippen LogP contribution in [0.25, 0.3) is 0 Å². The first-order chi connectivity index (χ1) is 9.18. The quantitative estimate of drug-likeness (QED) is 0.873. The topological polar surface area (TPSA) is 63.2 Å². The van der Waals surface area contributed by atoms with Crippen molar-refractivity contribution in [1.29, 1.82) is 0 Å². The minimum absolute atomic E-state index is 0.0135. The molecule has 2 amide bonds. The van der Waals surface area contributed by atoms with Gasteiger partial charge in [-0.3, -0.25) is 4.98 Å². The molecule has 1 aliphatic heterocycles. The van der Waals surface area contributed by atoms with Gasteiger partial charge in [0.25, 0.3) is 0 Å². The van der Waals surface area contributed by atoms with Gasteiger partial charge in [-0.05, 0) is 53.2 Å². The van der Waals surface area contributed by atoms with Crippen LogP contribution in [0, 0.1) is 6.92 Å². The van der Waals surface area contributed by atoms with Crippen LogP contribution < -0.4 is 10.6 Å². The monoisotopic (exact) mass is 277 g/mol. The van der Waals surface area contributed by atoms with Crippen LogP contribution in [0.2, 0.25) is 0 Å². The van der Waals surface area contributed by atoms with Crippen LogP contribution in [-0.4, -0.2) is 28.3 Å². The molecule has 1 fully saturated rings. The van der Waals surface area contributed by atoms with Crippen molar-refractivity contribution >= 4 is 11.7 Å². The molecule has 2 N–H and O–H groups in total. The number of carbonyl (C=O) groups excluding carboxylic acids is 1. The highest BCUT2D eigenvalue weighted by Gasteiger charge is 2.46. The molecule has 0 spiro atoms. The minimum Gasteiger partial charge on any atom is -0.367 e. The number of nitrogens with one attached hydrogen (secondary N) is 2. The number of aryl methyl sites for hydroxylation is 1. The van der Waals surface area contributed by atoms with Crippen LogP contribution >= 0.6 is 0 Å². The molecule has 0 saturated carbocycles. The van der Waals surface area contributed by atoms with Gasteiger partial charge in [0.05, 0.1) is 17.2 Å². The van der Waals surface area contributed by atoms with Crippen LogP contribution in [0.3, 0.4) is 0 Å². The van der Waals surface area contributed by atoms with E-state index in [0.29, 0.717) is 0 Å². The molecule has 1 saturated heterocycles. The summed E-state index contributed by atoms with van der Waals surface area (Å²) in [6.45, 7) is 9.98. The van der Waals surface area contributed by atoms with E-state index in [1.807, 2.05) is 40.7 Å². The third-order valence-electron chi connectivity index (χ3n) is 3.53. The van der Waals surface area contributed by atoms with Crippen molar-refractivity contribution in [3.8, 4) is 0 Å². The first-order valence-electron chi connectivity index (χ1n) is 6.88. The van der Waals surface area contributed by atoms with Crippen molar-refractivity contribution < 1.29 is 9.53 Å². The smallest absolute Gasteiger partial charge is 0.319 e. The van der Waals surface area contributed by atoms with Gasteiger partial charge in [-0.15, -0.1) is 0 Å². The van der Waals surface area contributed by atoms with Crippen molar-refractivity contribution in [1.82, 2.24) is 10.3 Å². The molecule has 1 aromatic heterocycles. The van der Waals surface area contributed by atoms with Crippen LogP contribution in [0.5, 0.6) is 0 Å². The fourth-order valence-corrected chi connectivity index (χ4v) is 2.74. The van der Waals surface area contributed by atoms with E-state index in [4.69, 9.17) is 4.74 Å². The van der Waals surface area contributed by atoms with Gasteiger partial charge in [-0.2, -0.15) is 0 Å². The lowest BCUT2D eigenvalue weighted by Gasteiger charge is -2.27. The summed E-state index contributed by atoms with van der Waals surface area (Å²) in [5.74, 6) is 0. The standard InChI is InChI=1S/C15H23N3O2/c1-10-8-11(6-7-16-10)17-13(19)18-12-9-14(2,3)20-15(12,4)5/h6-8,12H,9H2,1-5H3,(H2,16,17,18,19). The van der Waals surface area contributed by atoms with Crippen LogP contribution in [-0.2, 0) is 4.74 Å². The molecule has 1 atom stereocenters. The van der Waals surface area contributed by atoms with Gasteiger partial charge in [0.2, 0.25) is 0 Å². The number of hydrogen-bond acceptors (Lipinski definition) is 3. The summed E-state index contributed by atoms with van der Waals surface area (Å²) in [6.07, 6.45) is 2.47. The molecule has 5 nitrogen and oxygen atoms in total. The van der Waals surface area contributed by atoms with Crippen molar-refractivity contribution in [2.45, 2.75) is 58.3 Å². The maximum Gasteiger partial charge on any atom is 0.319 e. The number of carbonyl (C=O) groups is 1. The van der Waals surface area contributed by atoms with Crippen LogP contribution in [0.4, 0.5) is 10.5 Å². The number of nitrogens with zero attached hydrogens (tertiary/aromatic N) is 1. The third kappa shape index (κ3) is 3.48. The maximum atomic E-state index is 12.1. The van der Waals surface area contributed by atoms with E-state index in [0.717, 1.165) is 17.8 Å². The van der Waals surface area contributed by atoms with E-state index < -0.39 is 0 Å². The Labute approximate surface area is 120 Å². The Morgan fingerprint density at radius 2 is 2.10 bits per heavy atom. The third-order valence-corrected chi connectivity index (χ3v) is 3.53. The normalized spacial score (nSPS) is 23.4. The molecule has 110 valence electrons. The number of anilines is 1. The molecule has 0 aliphatic carbocycles. The number of rotatable bonds is 2. The summed E-state index contributed by atoms with van der Waals surface area (Å²) < 4.78 is 5.97. The van der Waals surface area contributed by atoms with Gasteiger partial charge >= 0.3 is 6.03 Å². The lowest BCUT2D eigenvalue weighted by atomic mass is 9.95. The summed E-state index contributed by atoms with van der Waals surface area (Å²) in [5, 5.41) is 5.83. The Morgan fingerprint density at radius 3 is 2.65 bits per heavy atom. The summed E-state index contributed by atoms with van der Waals surface area (Å²) >= 11 is 0. The summed E-state index contributed by atoms with van der Waals surface area (Å²) in [7, 11) is 0. The van der Waals surface area contributed by atoms with Crippen molar-refractivity contribution in [2.24, 2.45) is 0 Å². The second kappa shape index (κ2) is 5.05. The average Bonchev–Trinajstić information content (AvgIpc) is 2.46. The van der Waals surface area contributed by atoms with Crippen LogP contribution in [0.1, 0.15) is 39.8 Å². The molecule has 0 aromatic carbocycles. The molecular weight excluding hydrogens is 254 g/mol. The predicted molar refractivity (Wildman–Crippen MR) is 78.8 cm³/mol. The van der Waals surface area contributed by atoms with Gasteiger partial charge in [-0.25, -0.2) is 4.79 Å². The SMILES string of the molecule is Cc1cc(NC(=O)NC2CC(C)(C)OC2(C)C)ccn1. The molecule has 5 heteroatoms. The lowest BCUT2D eigenvalue weighted by molar-refractivity contribution is -0.0689. The highest BCUT2D eigenvalue weighted by atomic mass is 16.5. The minimum atomic E-state index is -0.366. The summed E-state index contributed by atoms with van der Waals surface area (Å²) in [6, 6.07) is 3.38. The predicted octanol–water partition coefficient (Wildman–Crippen LogP) is 2.86. The number of hydrogen-bond donors (Lipinski definition) is 2. The Balaban J connectivity index is 1.98. The Hall–Kier alpha value is -1.62. The van der Waals surface area contributed by atoms with Crippen LogP contribution in [0.15, 0.2) is 18.3 Å². The first-order valence-corrected chi connectivity index (χ1v) is 6.88. The largest absolute Gasteiger partial charge is 0.367 e. The van der Waals surface area contributed by atoms with E-state index in [9.17, 15) is 4.79 Å². The van der Waals surface area contributed by atoms with Crippen molar-refractivity contribution in [3.63, 3.8) is 0 Å². The number of urea groups is 1. The second-order valence-electron chi connectivity index (χ2n) is 6.51. The van der Waals surface area contributed by atoms with E-state index >= 15 is 0 Å². The molecule has 0 bridgehead atoms. The molecule has 0 radical (unpaired) electrons. The second-order valence-corrected chi connectivity index (χ2v) is 6.51. The zero-order chi connectivity index (χ0) is 15.0. The van der Waals surface area contributed by atoms with E-state index in [-0.39, 0.29) is 23.3 Å². The zero-order valence-corrected chi connectivity index (χ0v) is 12.8. The molecule has 20 heavy (non-hydrogen) atoms. The van der Waals surface area contributed by atoms with Crippen molar-refractivity contribution in [2.75, 3.05) is 5.32 Å². The van der Waals surface area contributed by atoms with Gasteiger partial charge in [0, 0.05) is 17.6 Å². The Bertz CT molecular complexity index is 512. The van der Waals surface area contributed by atoms with Gasteiger partial charge in [0.1, 0.15) is 0 Å². The van der Waals surface area contributed by atoms with Gasteiger partial charge in [-0.1, -0.05) is 0 Å². The Kier molecular flexibility index (Phi) is 3.73. The fourth-order valence-electron chi connectivity index (χ4n) is 2.74. The first kappa shape index (κ1) is 14.8. The fraction of sp³-hybridized carbons (Fsp3) is 0.600. The molecule has 1 unspecified atom stereocenters. The van der Waals surface area contributed by atoms with Gasteiger partial charge < -0.3 is 15.4 Å². The number of aromatic nitrogens is 1. The number of amides is 2. The molecule has 2 heterocycles. The number of ether oxygens (including phenoxy) is 1. The lowest BCUT2D eigenvalue weighted by Crippen LogP contribution is -2.47. The van der Waals surface area contributed by atoms with E-state index in [2.05, 4.69) is 15.6 Å². The number of pyridine rings is 1. The molecular formula is C15H23N3O2.